The second kappa shape index (κ2) is 11.2. The lowest BCUT2D eigenvalue weighted by atomic mass is 9.94. The first kappa shape index (κ1) is 28.0. The number of anilines is 1. The summed E-state index contributed by atoms with van der Waals surface area (Å²) in [7, 11) is 3.05. The van der Waals surface area contributed by atoms with Crippen LogP contribution in [-0.4, -0.2) is 42.5 Å². The lowest BCUT2D eigenvalue weighted by Gasteiger charge is -2.26. The zero-order valence-corrected chi connectivity index (χ0v) is 24.4. The molecule has 0 unspecified atom stereocenters. The average Bonchev–Trinajstić information content (AvgIpc) is 3.42. The molecule has 1 amide bonds. The van der Waals surface area contributed by atoms with Crippen molar-refractivity contribution in [3.8, 4) is 11.5 Å². The summed E-state index contributed by atoms with van der Waals surface area (Å²) in [5, 5.41) is 5.80. The number of hydrazone groups is 1. The van der Waals surface area contributed by atoms with E-state index in [-0.39, 0.29) is 17.6 Å². The van der Waals surface area contributed by atoms with Crippen molar-refractivity contribution in [1.82, 2.24) is 4.57 Å². The van der Waals surface area contributed by atoms with E-state index < -0.39 is 23.5 Å². The molecular formula is C30H30N4O6S. The Labute approximate surface area is 240 Å². The fourth-order valence-corrected chi connectivity index (χ4v) is 5.95. The first-order chi connectivity index (χ1) is 19.6. The van der Waals surface area contributed by atoms with Crippen LogP contribution in [0.5, 0.6) is 11.5 Å². The Kier molecular flexibility index (Phi) is 7.63. The van der Waals surface area contributed by atoms with Crippen molar-refractivity contribution < 1.29 is 23.8 Å². The molecule has 2 aromatic carbocycles. The van der Waals surface area contributed by atoms with Crippen LogP contribution in [0.1, 0.15) is 39.3 Å². The number of methoxy groups -OCH3 is 2. The molecule has 2 aliphatic heterocycles. The maximum Gasteiger partial charge on any atom is 0.338 e. The minimum atomic E-state index is -0.903. The molecule has 0 aliphatic carbocycles. The van der Waals surface area contributed by atoms with Crippen molar-refractivity contribution in [3.63, 3.8) is 0 Å². The number of esters is 1. The average molecular weight is 575 g/mol. The second-order valence-corrected chi connectivity index (χ2v) is 10.9. The predicted molar refractivity (Wildman–Crippen MR) is 156 cm³/mol. The number of amides is 1. The summed E-state index contributed by atoms with van der Waals surface area (Å²) < 4.78 is 18.4. The topological polar surface area (TPSA) is 112 Å². The molecule has 0 saturated carbocycles. The molecule has 0 bridgehead atoms. The quantitative estimate of drug-likeness (QED) is 0.401. The SMILES string of the molecule is COc1ccc(OC)c([C@@H]2C(C(=O)OC(C)C)=C(C)N=c3s/c(=C\[C@H]4C(=O)N(c5ccccc5)N=C4C)c(=O)n32)c1. The van der Waals surface area contributed by atoms with Gasteiger partial charge in [-0.1, -0.05) is 29.5 Å². The van der Waals surface area contributed by atoms with Gasteiger partial charge < -0.3 is 14.2 Å². The van der Waals surface area contributed by atoms with Gasteiger partial charge in [-0.05, 0) is 64.1 Å². The molecule has 212 valence electrons. The first-order valence-electron chi connectivity index (χ1n) is 13.0. The number of hydrogen-bond acceptors (Lipinski definition) is 9. The van der Waals surface area contributed by atoms with Crippen molar-refractivity contribution in [2.24, 2.45) is 16.0 Å². The molecule has 41 heavy (non-hydrogen) atoms. The molecule has 0 fully saturated rings. The standard InChI is InChI=1S/C30H30N4O6S/c1-16(2)40-29(37)25-18(4)31-30-33(26(25)22-14-20(38-5)12-13-23(22)39-6)28(36)24(41-30)15-21-17(3)32-34(27(21)35)19-10-8-7-9-11-19/h7-16,21,26H,1-6H3/b24-15-/t21-,26-/m1/s1. The lowest BCUT2D eigenvalue weighted by molar-refractivity contribution is -0.143. The lowest BCUT2D eigenvalue weighted by Crippen LogP contribution is -2.40. The Balaban J connectivity index is 1.68. The maximum atomic E-state index is 14.1. The van der Waals surface area contributed by atoms with E-state index in [1.54, 1.807) is 64.1 Å². The molecule has 2 aliphatic rings. The Morgan fingerprint density at radius 3 is 2.44 bits per heavy atom. The van der Waals surface area contributed by atoms with Crippen molar-refractivity contribution in [2.45, 2.75) is 39.8 Å². The van der Waals surface area contributed by atoms with Crippen LogP contribution >= 0.6 is 11.3 Å². The van der Waals surface area contributed by atoms with Gasteiger partial charge in [0.15, 0.2) is 4.80 Å². The number of thiazole rings is 1. The highest BCUT2D eigenvalue weighted by molar-refractivity contribution is 7.07. The highest BCUT2D eigenvalue weighted by atomic mass is 32.1. The molecular weight excluding hydrogens is 544 g/mol. The fraction of sp³-hybridized carbons (Fsp3) is 0.300. The van der Waals surface area contributed by atoms with Crippen LogP contribution in [0.15, 0.2) is 74.7 Å². The minimum Gasteiger partial charge on any atom is -0.497 e. The van der Waals surface area contributed by atoms with Gasteiger partial charge in [0, 0.05) is 5.56 Å². The Morgan fingerprint density at radius 2 is 1.78 bits per heavy atom. The zero-order valence-electron chi connectivity index (χ0n) is 23.6. The maximum absolute atomic E-state index is 14.1. The number of hydrogen-bond donors (Lipinski definition) is 0. The van der Waals surface area contributed by atoms with Crippen molar-refractivity contribution in [3.05, 3.63) is 85.1 Å². The van der Waals surface area contributed by atoms with Crippen LogP contribution in [0.25, 0.3) is 6.08 Å². The van der Waals surface area contributed by atoms with E-state index >= 15 is 0 Å². The van der Waals surface area contributed by atoms with Crippen molar-refractivity contribution >= 4 is 40.7 Å². The number of nitrogens with zero attached hydrogens (tertiary/aromatic N) is 4. The molecule has 10 nitrogen and oxygen atoms in total. The number of ether oxygens (including phenoxy) is 3. The van der Waals surface area contributed by atoms with Gasteiger partial charge in [-0.15, -0.1) is 0 Å². The van der Waals surface area contributed by atoms with Crippen LogP contribution in [0.2, 0.25) is 0 Å². The summed E-state index contributed by atoms with van der Waals surface area (Å²) >= 11 is 1.15. The summed E-state index contributed by atoms with van der Waals surface area (Å²) in [6, 6.07) is 13.4. The van der Waals surface area contributed by atoms with Crippen LogP contribution in [0.4, 0.5) is 5.69 Å². The largest absolute Gasteiger partial charge is 0.497 e. The van der Waals surface area contributed by atoms with Crippen molar-refractivity contribution in [2.75, 3.05) is 19.2 Å². The van der Waals surface area contributed by atoms with Gasteiger partial charge in [0.2, 0.25) is 0 Å². The highest BCUT2D eigenvalue weighted by Gasteiger charge is 2.37. The van der Waals surface area contributed by atoms with Crippen LogP contribution in [0.3, 0.4) is 0 Å². The van der Waals surface area contributed by atoms with E-state index in [0.29, 0.717) is 43.5 Å². The molecule has 3 heterocycles. The number of rotatable bonds is 7. The van der Waals surface area contributed by atoms with Gasteiger partial charge in [-0.25, -0.2) is 9.79 Å². The van der Waals surface area contributed by atoms with E-state index in [9.17, 15) is 14.4 Å². The van der Waals surface area contributed by atoms with E-state index in [2.05, 4.69) is 10.1 Å². The van der Waals surface area contributed by atoms with Crippen LogP contribution in [0, 0.1) is 5.92 Å². The molecule has 0 radical (unpaired) electrons. The summed E-state index contributed by atoms with van der Waals surface area (Å²) in [4.78, 5) is 45.9. The molecule has 1 aromatic heterocycles. The third-order valence-corrected chi connectivity index (χ3v) is 7.82. The van der Waals surface area contributed by atoms with Gasteiger partial charge in [0.05, 0.1) is 47.5 Å². The van der Waals surface area contributed by atoms with E-state index in [0.717, 1.165) is 11.3 Å². The zero-order chi connectivity index (χ0) is 29.4. The summed E-state index contributed by atoms with van der Waals surface area (Å²) in [6.45, 7) is 6.98. The van der Waals surface area contributed by atoms with Gasteiger partial charge in [-0.3, -0.25) is 14.2 Å². The number of aromatic nitrogens is 1. The van der Waals surface area contributed by atoms with Gasteiger partial charge in [0.25, 0.3) is 11.5 Å². The van der Waals surface area contributed by atoms with Gasteiger partial charge >= 0.3 is 5.97 Å². The number of para-hydroxylation sites is 1. The normalized spacial score (nSPS) is 18.8. The Hall–Kier alpha value is -4.51. The number of carbonyl (C=O) groups excluding carboxylic acids is 2. The molecule has 5 rings (SSSR count). The monoisotopic (exact) mass is 574 g/mol. The summed E-state index contributed by atoms with van der Waals surface area (Å²) in [6.07, 6.45) is 1.24. The number of fused-ring (bicyclic) bond motifs is 1. The van der Waals surface area contributed by atoms with E-state index in [1.807, 2.05) is 18.2 Å². The molecule has 2 atom stereocenters. The van der Waals surface area contributed by atoms with E-state index in [1.165, 1.54) is 23.8 Å². The van der Waals surface area contributed by atoms with Gasteiger partial charge in [0.1, 0.15) is 23.5 Å². The third-order valence-electron chi connectivity index (χ3n) is 6.82. The molecule has 0 saturated heterocycles. The minimum absolute atomic E-state index is 0.217. The second-order valence-electron chi connectivity index (χ2n) is 9.87. The highest BCUT2D eigenvalue weighted by Crippen LogP contribution is 2.38. The van der Waals surface area contributed by atoms with Crippen LogP contribution in [-0.2, 0) is 14.3 Å². The predicted octanol–water partition coefficient (Wildman–Crippen LogP) is 3.19. The molecule has 11 heteroatoms. The third kappa shape index (κ3) is 5.08. The van der Waals surface area contributed by atoms with Crippen molar-refractivity contribution in [1.29, 1.82) is 0 Å². The number of carbonyl (C=O) groups is 2. The van der Waals surface area contributed by atoms with Gasteiger partial charge in [-0.2, -0.15) is 10.1 Å². The van der Waals surface area contributed by atoms with Crippen LogP contribution < -0.4 is 29.4 Å². The first-order valence-corrected chi connectivity index (χ1v) is 13.9. The smallest absolute Gasteiger partial charge is 0.338 e. The fourth-order valence-electron chi connectivity index (χ4n) is 4.90. The summed E-state index contributed by atoms with van der Waals surface area (Å²) in [5.74, 6) is -0.588. The summed E-state index contributed by atoms with van der Waals surface area (Å²) in [5.41, 5.74) is 1.98. The number of allylic oxidation sites excluding steroid dienone is 1. The molecule has 3 aromatic rings. The van der Waals surface area contributed by atoms with E-state index in [4.69, 9.17) is 14.2 Å². The Bertz CT molecular complexity index is 1770. The molecule has 0 N–H and O–H groups in total. The number of benzene rings is 2. The molecule has 0 spiro atoms. The Morgan fingerprint density at radius 1 is 1.05 bits per heavy atom.